The van der Waals surface area contributed by atoms with Crippen molar-refractivity contribution in [2.75, 3.05) is 0 Å². The molecule has 0 fully saturated rings. The number of hydrazone groups is 1. The van der Waals surface area contributed by atoms with Crippen LogP contribution in [0.25, 0.3) is 11.3 Å². The molecule has 0 saturated heterocycles. The maximum absolute atomic E-state index is 11.4. The van der Waals surface area contributed by atoms with Gasteiger partial charge in [0, 0.05) is 10.0 Å². The smallest absolute Gasteiger partial charge is 0.428 e. The summed E-state index contributed by atoms with van der Waals surface area (Å²) in [4.78, 5) is 11.4. The van der Waals surface area contributed by atoms with Gasteiger partial charge in [-0.1, -0.05) is 28.1 Å². The molecule has 0 atom stereocenters. The van der Waals surface area contributed by atoms with Gasteiger partial charge in [-0.05, 0) is 45.0 Å². The highest BCUT2D eigenvalue weighted by molar-refractivity contribution is 9.10. The van der Waals surface area contributed by atoms with Crippen LogP contribution in [-0.4, -0.2) is 17.9 Å². The number of halogens is 1. The normalized spacial score (nSPS) is 11.6. The number of carbonyl (C=O) groups is 1. The molecular formula is C16H17BrN2O3. The van der Waals surface area contributed by atoms with E-state index in [1.54, 1.807) is 26.8 Å². The predicted octanol–water partition coefficient (Wildman–Crippen LogP) is 4.57. The highest BCUT2D eigenvalue weighted by Crippen LogP contribution is 2.23. The largest absolute Gasteiger partial charge is 0.455 e. The van der Waals surface area contributed by atoms with Crippen LogP contribution in [0.1, 0.15) is 26.5 Å². The van der Waals surface area contributed by atoms with Gasteiger partial charge in [0.15, 0.2) is 0 Å². The van der Waals surface area contributed by atoms with Crippen LogP contribution in [0.4, 0.5) is 4.79 Å². The maximum Gasteiger partial charge on any atom is 0.428 e. The number of hydrogen-bond acceptors (Lipinski definition) is 4. The number of carbonyl (C=O) groups excluding carboxylic acids is 1. The second kappa shape index (κ2) is 6.79. The third kappa shape index (κ3) is 5.04. The van der Waals surface area contributed by atoms with Gasteiger partial charge in [-0.2, -0.15) is 5.10 Å². The van der Waals surface area contributed by atoms with E-state index >= 15 is 0 Å². The number of hydrogen-bond donors (Lipinski definition) is 1. The number of rotatable bonds is 3. The Morgan fingerprint density at radius 1 is 1.23 bits per heavy atom. The van der Waals surface area contributed by atoms with Gasteiger partial charge in [0.2, 0.25) is 0 Å². The molecule has 1 N–H and O–H groups in total. The van der Waals surface area contributed by atoms with Gasteiger partial charge >= 0.3 is 6.09 Å². The quantitative estimate of drug-likeness (QED) is 0.640. The van der Waals surface area contributed by atoms with Crippen molar-refractivity contribution in [3.05, 3.63) is 46.6 Å². The van der Waals surface area contributed by atoms with Crippen molar-refractivity contribution in [1.82, 2.24) is 5.43 Å². The Kier molecular flexibility index (Phi) is 5.03. The van der Waals surface area contributed by atoms with Crippen LogP contribution in [0.5, 0.6) is 0 Å². The fraction of sp³-hybridized carbons (Fsp3) is 0.250. The molecule has 1 amide bonds. The first-order valence-electron chi connectivity index (χ1n) is 6.71. The van der Waals surface area contributed by atoms with Gasteiger partial charge in [-0.15, -0.1) is 0 Å². The topological polar surface area (TPSA) is 63.8 Å². The third-order valence-corrected chi connectivity index (χ3v) is 3.03. The van der Waals surface area contributed by atoms with Crippen molar-refractivity contribution in [2.45, 2.75) is 26.4 Å². The number of furan rings is 1. The summed E-state index contributed by atoms with van der Waals surface area (Å²) in [6.07, 6.45) is 0.815. The first kappa shape index (κ1) is 16.3. The molecule has 0 aliphatic carbocycles. The van der Waals surface area contributed by atoms with Crippen LogP contribution in [-0.2, 0) is 4.74 Å². The molecule has 2 rings (SSSR count). The summed E-state index contributed by atoms with van der Waals surface area (Å²) in [5.41, 5.74) is 2.69. The van der Waals surface area contributed by atoms with E-state index in [0.717, 1.165) is 15.8 Å². The maximum atomic E-state index is 11.4. The van der Waals surface area contributed by atoms with Crippen LogP contribution in [0, 0.1) is 0 Å². The lowest BCUT2D eigenvalue weighted by Crippen LogP contribution is -2.29. The number of nitrogens with zero attached hydrogens (tertiary/aromatic N) is 1. The lowest BCUT2D eigenvalue weighted by Gasteiger charge is -2.18. The molecule has 0 spiro atoms. The molecule has 0 aliphatic heterocycles. The zero-order valence-corrected chi connectivity index (χ0v) is 14.2. The fourth-order valence-corrected chi connectivity index (χ4v) is 1.91. The minimum Gasteiger partial charge on any atom is -0.455 e. The Bertz CT molecular complexity index is 669. The minimum atomic E-state index is -0.608. The van der Waals surface area contributed by atoms with Crippen molar-refractivity contribution in [3.63, 3.8) is 0 Å². The van der Waals surface area contributed by atoms with Crippen LogP contribution in [0.15, 0.2) is 50.4 Å². The van der Waals surface area contributed by atoms with E-state index in [1.807, 2.05) is 30.3 Å². The van der Waals surface area contributed by atoms with Gasteiger partial charge < -0.3 is 9.15 Å². The van der Waals surface area contributed by atoms with Crippen molar-refractivity contribution in [1.29, 1.82) is 0 Å². The Hall–Kier alpha value is -2.08. The summed E-state index contributed by atoms with van der Waals surface area (Å²) in [7, 11) is 0. The lowest BCUT2D eigenvalue weighted by molar-refractivity contribution is 0.0529. The van der Waals surface area contributed by atoms with Crippen LogP contribution in [0.2, 0.25) is 0 Å². The van der Waals surface area contributed by atoms with E-state index in [0.29, 0.717) is 5.76 Å². The summed E-state index contributed by atoms with van der Waals surface area (Å²) in [6, 6.07) is 11.4. The number of ether oxygens (including phenoxy) is 1. The summed E-state index contributed by atoms with van der Waals surface area (Å²) in [5.74, 6) is 1.26. The molecule has 1 aromatic heterocycles. The Morgan fingerprint density at radius 3 is 2.55 bits per heavy atom. The molecule has 5 nitrogen and oxygen atoms in total. The van der Waals surface area contributed by atoms with Gasteiger partial charge in [0.25, 0.3) is 0 Å². The van der Waals surface area contributed by atoms with Gasteiger partial charge in [-0.25, -0.2) is 10.2 Å². The second-order valence-electron chi connectivity index (χ2n) is 5.58. The Balaban J connectivity index is 1.96. The summed E-state index contributed by atoms with van der Waals surface area (Å²) in [6.45, 7) is 5.36. The van der Waals surface area contributed by atoms with Gasteiger partial charge in [0.05, 0.1) is 6.21 Å². The summed E-state index contributed by atoms with van der Waals surface area (Å²) >= 11 is 3.39. The highest BCUT2D eigenvalue weighted by atomic mass is 79.9. The molecule has 0 radical (unpaired) electrons. The van der Waals surface area contributed by atoms with Gasteiger partial charge in [-0.3, -0.25) is 0 Å². The van der Waals surface area contributed by atoms with Crippen molar-refractivity contribution in [3.8, 4) is 11.3 Å². The number of amides is 1. The van der Waals surface area contributed by atoms with E-state index < -0.39 is 11.7 Å². The summed E-state index contributed by atoms with van der Waals surface area (Å²) in [5, 5.41) is 3.80. The summed E-state index contributed by atoms with van der Waals surface area (Å²) < 4.78 is 11.7. The lowest BCUT2D eigenvalue weighted by atomic mass is 10.2. The van der Waals surface area contributed by atoms with Crippen molar-refractivity contribution < 1.29 is 13.9 Å². The monoisotopic (exact) mass is 364 g/mol. The average molecular weight is 365 g/mol. The first-order chi connectivity index (χ1) is 10.3. The molecule has 2 aromatic rings. The van der Waals surface area contributed by atoms with E-state index in [2.05, 4.69) is 26.5 Å². The molecule has 0 bridgehead atoms. The molecule has 1 aromatic carbocycles. The average Bonchev–Trinajstić information content (AvgIpc) is 2.86. The zero-order chi connectivity index (χ0) is 16.2. The molecule has 6 heteroatoms. The molecule has 1 heterocycles. The van der Waals surface area contributed by atoms with Crippen LogP contribution >= 0.6 is 15.9 Å². The van der Waals surface area contributed by atoms with Crippen molar-refractivity contribution >= 4 is 28.2 Å². The zero-order valence-electron chi connectivity index (χ0n) is 12.6. The van der Waals surface area contributed by atoms with E-state index in [4.69, 9.17) is 9.15 Å². The Morgan fingerprint density at radius 2 is 1.91 bits per heavy atom. The number of nitrogens with one attached hydrogen (secondary N) is 1. The minimum absolute atomic E-state index is 0.536. The molecule has 0 saturated carbocycles. The SMILES string of the molecule is CC(C)(C)OC(=O)NN=Cc1ccc(-c2ccc(Br)cc2)o1. The molecule has 116 valence electrons. The van der Waals surface area contributed by atoms with Crippen molar-refractivity contribution in [2.24, 2.45) is 5.10 Å². The standard InChI is InChI=1S/C16H17BrN2O3/c1-16(2,3)22-15(20)19-18-10-13-8-9-14(21-13)11-4-6-12(17)7-5-11/h4-10H,1-3H3,(H,19,20). The van der Waals surface area contributed by atoms with E-state index in [-0.39, 0.29) is 0 Å². The third-order valence-electron chi connectivity index (χ3n) is 2.50. The molecular weight excluding hydrogens is 348 g/mol. The van der Waals surface area contributed by atoms with Crippen LogP contribution in [0.3, 0.4) is 0 Å². The Labute approximate surface area is 137 Å². The van der Waals surface area contributed by atoms with E-state index in [1.165, 1.54) is 6.21 Å². The number of benzene rings is 1. The first-order valence-corrected chi connectivity index (χ1v) is 7.51. The van der Waals surface area contributed by atoms with Gasteiger partial charge in [0.1, 0.15) is 17.1 Å². The fourth-order valence-electron chi connectivity index (χ4n) is 1.64. The molecule has 22 heavy (non-hydrogen) atoms. The molecule has 0 aliphatic rings. The molecule has 0 unspecified atom stereocenters. The second-order valence-corrected chi connectivity index (χ2v) is 6.50. The predicted molar refractivity (Wildman–Crippen MR) is 88.8 cm³/mol. The van der Waals surface area contributed by atoms with Crippen LogP contribution < -0.4 is 5.43 Å². The highest BCUT2D eigenvalue weighted by Gasteiger charge is 2.15. The van der Waals surface area contributed by atoms with E-state index in [9.17, 15) is 4.79 Å².